The number of non-ortho nitro benzene ring substituents is 1. The van der Waals surface area contributed by atoms with E-state index in [0.717, 1.165) is 0 Å². The molecule has 30 heavy (non-hydrogen) atoms. The molecule has 1 aliphatic rings. The van der Waals surface area contributed by atoms with Gasteiger partial charge in [0, 0.05) is 24.6 Å². The molecule has 0 fully saturated rings. The summed E-state index contributed by atoms with van der Waals surface area (Å²) in [5.41, 5.74) is 1.13. The van der Waals surface area contributed by atoms with E-state index in [-0.39, 0.29) is 22.9 Å². The number of ether oxygens (including phenoxy) is 1. The van der Waals surface area contributed by atoms with Crippen LogP contribution >= 0.6 is 11.8 Å². The lowest BCUT2D eigenvalue weighted by molar-refractivity contribution is -0.385. The Hall–Kier alpha value is -3.73. The molecule has 1 aromatic heterocycles. The first kappa shape index (κ1) is 19.6. The van der Waals surface area contributed by atoms with Gasteiger partial charge in [0.25, 0.3) is 5.69 Å². The molecule has 2 aromatic carbocycles. The molecular formula is C19H15N5O5S. The fraction of sp³-hybridized carbons (Fsp3) is 0.158. The number of fused-ring (bicyclic) bond motifs is 3. The number of nitrogens with zero attached hydrogens (tertiary/aromatic N) is 5. The minimum atomic E-state index is -1.21. The number of nitro groups is 1. The molecule has 152 valence electrons. The van der Waals surface area contributed by atoms with Crippen molar-refractivity contribution in [3.05, 3.63) is 58.1 Å². The number of phenols is 1. The predicted molar refractivity (Wildman–Crippen MR) is 108 cm³/mol. The number of benzene rings is 2. The molecule has 10 nitrogen and oxygen atoms in total. The molecule has 0 radical (unpaired) electrons. The van der Waals surface area contributed by atoms with Crippen LogP contribution in [0.4, 0.5) is 11.4 Å². The molecule has 1 N–H and O–H groups in total. The van der Waals surface area contributed by atoms with Crippen molar-refractivity contribution in [2.75, 3.05) is 11.2 Å². The van der Waals surface area contributed by atoms with E-state index in [9.17, 15) is 20.0 Å². The van der Waals surface area contributed by atoms with Gasteiger partial charge in [0.05, 0.1) is 16.2 Å². The largest absolute Gasteiger partial charge is 0.507 e. The van der Waals surface area contributed by atoms with E-state index in [2.05, 4.69) is 15.2 Å². The number of carbonyl (C=O) groups is 1. The van der Waals surface area contributed by atoms with Crippen LogP contribution in [-0.2, 0) is 4.79 Å². The van der Waals surface area contributed by atoms with E-state index in [0.29, 0.717) is 22.1 Å². The van der Waals surface area contributed by atoms with E-state index in [1.54, 1.807) is 30.5 Å². The standard InChI is InChI=1S/C19H15N5O5S/c1-10(25)23-14-6-4-3-5-12(14)16-17(20-19(30-2)22-21-16)29-18(23)13-9-11(24(27)28)7-8-15(13)26/h3-9,18,26H,1-2H3/t18-/m0/s1. The van der Waals surface area contributed by atoms with E-state index in [1.807, 2.05) is 0 Å². The number of rotatable bonds is 3. The molecule has 0 saturated heterocycles. The molecule has 1 amide bonds. The molecule has 0 aliphatic carbocycles. The Morgan fingerprint density at radius 2 is 2.03 bits per heavy atom. The van der Waals surface area contributed by atoms with Gasteiger partial charge in [0.2, 0.25) is 23.2 Å². The van der Waals surface area contributed by atoms with E-state index >= 15 is 0 Å². The lowest BCUT2D eigenvalue weighted by atomic mass is 10.1. The number of anilines is 1. The summed E-state index contributed by atoms with van der Waals surface area (Å²) in [4.78, 5) is 29.0. The van der Waals surface area contributed by atoms with Crippen LogP contribution in [0.1, 0.15) is 18.7 Å². The molecule has 0 unspecified atom stereocenters. The van der Waals surface area contributed by atoms with Crippen LogP contribution in [0.15, 0.2) is 47.6 Å². The molecule has 1 aliphatic heterocycles. The number of aromatic nitrogens is 3. The molecule has 0 spiro atoms. The van der Waals surface area contributed by atoms with Crippen LogP contribution in [0.2, 0.25) is 0 Å². The summed E-state index contributed by atoms with van der Waals surface area (Å²) in [5.74, 6) is -0.560. The summed E-state index contributed by atoms with van der Waals surface area (Å²) in [6, 6.07) is 10.5. The molecule has 0 bridgehead atoms. The first-order valence-electron chi connectivity index (χ1n) is 8.72. The number of amides is 1. The minimum Gasteiger partial charge on any atom is -0.507 e. The highest BCUT2D eigenvalue weighted by molar-refractivity contribution is 7.98. The van der Waals surface area contributed by atoms with Crippen molar-refractivity contribution in [2.24, 2.45) is 0 Å². The second kappa shape index (κ2) is 7.59. The van der Waals surface area contributed by atoms with Crippen molar-refractivity contribution in [1.82, 2.24) is 15.2 Å². The van der Waals surface area contributed by atoms with Crippen LogP contribution in [0.25, 0.3) is 11.3 Å². The van der Waals surface area contributed by atoms with E-state index in [4.69, 9.17) is 4.74 Å². The number of para-hydroxylation sites is 1. The van der Waals surface area contributed by atoms with Crippen LogP contribution in [0, 0.1) is 10.1 Å². The SMILES string of the molecule is CSc1nnc2c(n1)O[C@@H](c1cc([N+](=O)[O-])ccc1O)N(C(C)=O)c1ccccc1-2. The smallest absolute Gasteiger partial charge is 0.270 e. The minimum absolute atomic E-state index is 0.0476. The Balaban J connectivity index is 2.00. The Bertz CT molecular complexity index is 1170. The fourth-order valence-electron chi connectivity index (χ4n) is 3.19. The van der Waals surface area contributed by atoms with Crippen LogP contribution in [-0.4, -0.2) is 37.4 Å². The second-order valence-electron chi connectivity index (χ2n) is 6.33. The van der Waals surface area contributed by atoms with Crippen LogP contribution in [0.5, 0.6) is 11.6 Å². The molecule has 11 heteroatoms. The van der Waals surface area contributed by atoms with Crippen molar-refractivity contribution in [3.8, 4) is 22.9 Å². The van der Waals surface area contributed by atoms with Gasteiger partial charge in [-0.2, -0.15) is 4.98 Å². The van der Waals surface area contributed by atoms with Crippen molar-refractivity contribution in [3.63, 3.8) is 0 Å². The normalized spacial score (nSPS) is 14.9. The third kappa shape index (κ3) is 3.28. The number of phenolic OH excluding ortho intramolecular Hbond substituents is 1. The third-order valence-corrected chi connectivity index (χ3v) is 5.06. The molecule has 2 heterocycles. The third-order valence-electron chi connectivity index (χ3n) is 4.52. The second-order valence-corrected chi connectivity index (χ2v) is 7.10. The number of carbonyl (C=O) groups excluding carboxylic acids is 1. The Kier molecular flexibility index (Phi) is 4.96. The van der Waals surface area contributed by atoms with E-state index < -0.39 is 17.1 Å². The summed E-state index contributed by atoms with van der Waals surface area (Å²) >= 11 is 1.26. The van der Waals surface area contributed by atoms with Crippen LogP contribution < -0.4 is 9.64 Å². The first-order chi connectivity index (χ1) is 14.4. The molecule has 0 saturated carbocycles. The lowest BCUT2D eigenvalue weighted by Crippen LogP contribution is -2.36. The van der Waals surface area contributed by atoms with Crippen molar-refractivity contribution in [1.29, 1.82) is 0 Å². The predicted octanol–water partition coefficient (Wildman–Crippen LogP) is 3.32. The van der Waals surface area contributed by atoms with Crippen LogP contribution in [0.3, 0.4) is 0 Å². The maximum atomic E-state index is 12.7. The highest BCUT2D eigenvalue weighted by Crippen LogP contribution is 2.45. The van der Waals surface area contributed by atoms with Gasteiger partial charge < -0.3 is 9.84 Å². The summed E-state index contributed by atoms with van der Waals surface area (Å²) in [5, 5.41) is 30.4. The number of hydrogen-bond donors (Lipinski definition) is 1. The molecule has 3 aromatic rings. The summed E-state index contributed by atoms with van der Waals surface area (Å²) in [7, 11) is 0. The van der Waals surface area contributed by atoms with Gasteiger partial charge >= 0.3 is 0 Å². The van der Waals surface area contributed by atoms with Gasteiger partial charge in [-0.25, -0.2) is 0 Å². The molecular weight excluding hydrogens is 410 g/mol. The number of nitro benzene ring substituents is 1. The molecule has 4 rings (SSSR count). The topological polar surface area (TPSA) is 132 Å². The zero-order valence-electron chi connectivity index (χ0n) is 15.8. The fourth-order valence-corrected chi connectivity index (χ4v) is 3.49. The van der Waals surface area contributed by atoms with Gasteiger partial charge in [0.15, 0.2) is 5.69 Å². The summed E-state index contributed by atoms with van der Waals surface area (Å²) < 4.78 is 6.05. The quantitative estimate of drug-likeness (QED) is 0.381. The number of thioether (sulfide) groups is 1. The lowest BCUT2D eigenvalue weighted by Gasteiger charge is -2.30. The number of aromatic hydroxyl groups is 1. The number of hydrogen-bond acceptors (Lipinski definition) is 9. The van der Waals surface area contributed by atoms with Gasteiger partial charge in [-0.3, -0.25) is 19.8 Å². The van der Waals surface area contributed by atoms with Gasteiger partial charge in [0.1, 0.15) is 5.75 Å². The summed E-state index contributed by atoms with van der Waals surface area (Å²) in [6.07, 6.45) is 0.566. The Morgan fingerprint density at radius 3 is 2.73 bits per heavy atom. The maximum Gasteiger partial charge on any atom is 0.270 e. The average molecular weight is 425 g/mol. The van der Waals surface area contributed by atoms with Gasteiger partial charge in [-0.1, -0.05) is 30.0 Å². The maximum absolute atomic E-state index is 12.7. The highest BCUT2D eigenvalue weighted by Gasteiger charge is 2.36. The van der Waals surface area contributed by atoms with E-state index in [1.165, 1.54) is 41.8 Å². The average Bonchev–Trinajstić information content (AvgIpc) is 2.87. The van der Waals surface area contributed by atoms with Crippen molar-refractivity contribution >= 4 is 29.0 Å². The highest BCUT2D eigenvalue weighted by atomic mass is 32.2. The monoisotopic (exact) mass is 425 g/mol. The summed E-state index contributed by atoms with van der Waals surface area (Å²) in [6.45, 7) is 1.34. The zero-order chi connectivity index (χ0) is 21.4. The zero-order valence-corrected chi connectivity index (χ0v) is 16.7. The Morgan fingerprint density at radius 1 is 1.27 bits per heavy atom. The van der Waals surface area contributed by atoms with Gasteiger partial charge in [-0.05, 0) is 18.4 Å². The molecule has 1 atom stereocenters. The van der Waals surface area contributed by atoms with Crippen molar-refractivity contribution < 1.29 is 19.6 Å². The van der Waals surface area contributed by atoms with Crippen molar-refractivity contribution in [2.45, 2.75) is 18.3 Å². The van der Waals surface area contributed by atoms with Gasteiger partial charge in [-0.15, -0.1) is 10.2 Å². The Labute approximate surface area is 174 Å². The first-order valence-corrected chi connectivity index (χ1v) is 9.95.